The minimum atomic E-state index is -3.68. The second-order valence-corrected chi connectivity index (χ2v) is 7.09. The molecule has 110 valence electrons. The molecule has 2 rings (SSSR count). The predicted octanol–water partition coefficient (Wildman–Crippen LogP) is 1.55. The molecule has 0 radical (unpaired) electrons. The van der Waals surface area contributed by atoms with Gasteiger partial charge in [0.25, 0.3) is 0 Å². The summed E-state index contributed by atoms with van der Waals surface area (Å²) >= 11 is 5.86. The summed E-state index contributed by atoms with van der Waals surface area (Å²) in [6, 6.07) is 4.03. The molecule has 1 fully saturated rings. The number of carbonyl (C=O) groups is 1. The van der Waals surface area contributed by atoms with Crippen molar-refractivity contribution in [1.29, 1.82) is 0 Å². The van der Waals surface area contributed by atoms with Crippen LogP contribution in [-0.2, 0) is 14.8 Å². The highest BCUT2D eigenvalue weighted by molar-refractivity contribution is 7.89. The van der Waals surface area contributed by atoms with Gasteiger partial charge in [0.05, 0.1) is 4.90 Å². The molecule has 1 N–H and O–H groups in total. The van der Waals surface area contributed by atoms with Gasteiger partial charge in [0.15, 0.2) is 0 Å². The zero-order chi connectivity index (χ0) is 14.9. The molecule has 7 heteroatoms. The maximum atomic E-state index is 12.7. The molecule has 0 aromatic heterocycles. The molecule has 0 aliphatic carbocycles. The van der Waals surface area contributed by atoms with Crippen LogP contribution in [0.5, 0.6) is 0 Å². The van der Waals surface area contributed by atoms with Crippen LogP contribution in [0.4, 0.5) is 0 Å². The van der Waals surface area contributed by atoms with E-state index >= 15 is 0 Å². The summed E-state index contributed by atoms with van der Waals surface area (Å²) in [5, 5.41) is 3.01. The van der Waals surface area contributed by atoms with Crippen molar-refractivity contribution in [2.45, 2.75) is 30.7 Å². The van der Waals surface area contributed by atoms with Crippen molar-refractivity contribution < 1.29 is 13.2 Å². The second-order valence-electron chi connectivity index (χ2n) is 4.80. The number of halogens is 1. The average molecular weight is 317 g/mol. The summed E-state index contributed by atoms with van der Waals surface area (Å²) < 4.78 is 26.7. The van der Waals surface area contributed by atoms with Crippen molar-refractivity contribution >= 4 is 27.5 Å². The molecular formula is C13H17ClN2O3S. The Morgan fingerprint density at radius 2 is 2.15 bits per heavy atom. The number of amides is 1. The van der Waals surface area contributed by atoms with Crippen LogP contribution in [0.1, 0.15) is 18.4 Å². The fourth-order valence-corrected chi connectivity index (χ4v) is 4.58. The van der Waals surface area contributed by atoms with Crippen LogP contribution in [0.2, 0.25) is 5.02 Å². The number of nitrogens with zero attached hydrogens (tertiary/aromatic N) is 1. The van der Waals surface area contributed by atoms with Crippen LogP contribution in [0, 0.1) is 6.92 Å². The van der Waals surface area contributed by atoms with E-state index in [1.54, 1.807) is 19.1 Å². The lowest BCUT2D eigenvalue weighted by atomic mass is 10.2. The first-order chi connectivity index (χ1) is 9.37. The Morgan fingerprint density at radius 1 is 1.45 bits per heavy atom. The second kappa shape index (κ2) is 5.71. The summed E-state index contributed by atoms with van der Waals surface area (Å²) in [6.07, 6.45) is 1.23. The van der Waals surface area contributed by atoms with Gasteiger partial charge in [-0.2, -0.15) is 4.31 Å². The van der Waals surface area contributed by atoms with Crippen molar-refractivity contribution in [3.8, 4) is 0 Å². The Hall–Kier alpha value is -1.11. The standard InChI is InChI=1S/C13H17ClN2O3S/c1-9-8-10(14)5-6-12(9)20(18,19)16-7-3-4-11(16)13(17)15-2/h5-6,8,11H,3-4,7H2,1-2H3,(H,15,17). The number of sulfonamides is 1. The molecule has 5 nitrogen and oxygen atoms in total. The topological polar surface area (TPSA) is 66.5 Å². The molecule has 20 heavy (non-hydrogen) atoms. The maximum absolute atomic E-state index is 12.7. The molecule has 1 aromatic carbocycles. The van der Waals surface area contributed by atoms with E-state index in [9.17, 15) is 13.2 Å². The van der Waals surface area contributed by atoms with Gasteiger partial charge < -0.3 is 5.32 Å². The van der Waals surface area contributed by atoms with E-state index in [0.29, 0.717) is 30.0 Å². The number of likely N-dealkylation sites (N-methyl/N-ethyl adjacent to an activating group) is 1. The number of rotatable bonds is 3. The Morgan fingerprint density at radius 3 is 2.75 bits per heavy atom. The number of hydrogen-bond acceptors (Lipinski definition) is 3. The van der Waals surface area contributed by atoms with Gasteiger partial charge in [-0.15, -0.1) is 0 Å². The minimum absolute atomic E-state index is 0.206. The molecule has 1 aromatic rings. The summed E-state index contributed by atoms with van der Waals surface area (Å²) in [5.74, 6) is -0.266. The highest BCUT2D eigenvalue weighted by atomic mass is 35.5. The first-order valence-corrected chi connectivity index (χ1v) is 8.19. The van der Waals surface area contributed by atoms with E-state index in [-0.39, 0.29) is 10.8 Å². The SMILES string of the molecule is CNC(=O)C1CCCN1S(=O)(=O)c1ccc(Cl)cc1C. The lowest BCUT2D eigenvalue weighted by Crippen LogP contribution is -2.44. The number of nitrogens with one attached hydrogen (secondary N) is 1. The summed E-state index contributed by atoms with van der Waals surface area (Å²) in [5.41, 5.74) is 0.583. The number of aryl methyl sites for hydroxylation is 1. The molecule has 0 saturated carbocycles. The Bertz CT molecular complexity index is 631. The average Bonchev–Trinajstić information content (AvgIpc) is 2.87. The molecule has 1 heterocycles. The van der Waals surface area contributed by atoms with E-state index in [1.807, 2.05) is 0 Å². The summed E-state index contributed by atoms with van der Waals surface area (Å²) in [6.45, 7) is 2.06. The highest BCUT2D eigenvalue weighted by Crippen LogP contribution is 2.29. The van der Waals surface area contributed by atoms with Crippen LogP contribution in [0.25, 0.3) is 0 Å². The van der Waals surface area contributed by atoms with Crippen LogP contribution in [0.15, 0.2) is 23.1 Å². The third-order valence-corrected chi connectivity index (χ3v) is 5.78. The molecule has 0 bridgehead atoms. The molecule has 0 spiro atoms. The molecule has 1 aliphatic heterocycles. The first-order valence-electron chi connectivity index (χ1n) is 6.37. The fraction of sp³-hybridized carbons (Fsp3) is 0.462. The quantitative estimate of drug-likeness (QED) is 0.920. The van der Waals surface area contributed by atoms with Gasteiger partial charge in [-0.3, -0.25) is 4.79 Å². The normalized spacial score (nSPS) is 20.1. The Balaban J connectivity index is 2.41. The smallest absolute Gasteiger partial charge is 0.244 e. The van der Waals surface area contributed by atoms with E-state index < -0.39 is 16.1 Å². The van der Waals surface area contributed by atoms with Gasteiger partial charge in [0, 0.05) is 18.6 Å². The molecule has 1 atom stereocenters. The van der Waals surface area contributed by atoms with Gasteiger partial charge in [0.1, 0.15) is 6.04 Å². The van der Waals surface area contributed by atoms with Crippen LogP contribution in [-0.4, -0.2) is 38.3 Å². The van der Waals surface area contributed by atoms with Crippen molar-refractivity contribution in [2.24, 2.45) is 0 Å². The Labute approximate surface area is 124 Å². The van der Waals surface area contributed by atoms with Gasteiger partial charge in [-0.25, -0.2) is 8.42 Å². The van der Waals surface area contributed by atoms with E-state index in [4.69, 9.17) is 11.6 Å². The zero-order valence-corrected chi connectivity index (χ0v) is 13.0. The lowest BCUT2D eigenvalue weighted by Gasteiger charge is -2.23. The van der Waals surface area contributed by atoms with Gasteiger partial charge in [-0.1, -0.05) is 11.6 Å². The summed E-state index contributed by atoms with van der Waals surface area (Å²) in [7, 11) is -2.16. The van der Waals surface area contributed by atoms with Crippen LogP contribution >= 0.6 is 11.6 Å². The van der Waals surface area contributed by atoms with E-state index in [1.165, 1.54) is 17.4 Å². The number of carbonyl (C=O) groups excluding carboxylic acids is 1. The van der Waals surface area contributed by atoms with Crippen LogP contribution in [0.3, 0.4) is 0 Å². The van der Waals surface area contributed by atoms with Crippen LogP contribution < -0.4 is 5.32 Å². The van der Waals surface area contributed by atoms with Gasteiger partial charge >= 0.3 is 0 Å². The van der Waals surface area contributed by atoms with Gasteiger partial charge in [0.2, 0.25) is 15.9 Å². The minimum Gasteiger partial charge on any atom is -0.358 e. The fourth-order valence-electron chi connectivity index (χ4n) is 2.49. The number of benzene rings is 1. The lowest BCUT2D eigenvalue weighted by molar-refractivity contribution is -0.123. The van der Waals surface area contributed by atoms with E-state index in [2.05, 4.69) is 5.32 Å². The molecule has 1 aliphatic rings. The highest BCUT2D eigenvalue weighted by Gasteiger charge is 2.39. The zero-order valence-electron chi connectivity index (χ0n) is 11.4. The van der Waals surface area contributed by atoms with Crippen molar-refractivity contribution in [2.75, 3.05) is 13.6 Å². The summed E-state index contributed by atoms with van der Waals surface area (Å²) in [4.78, 5) is 12.0. The predicted molar refractivity (Wildman–Crippen MR) is 77.2 cm³/mol. The number of hydrogen-bond donors (Lipinski definition) is 1. The van der Waals surface area contributed by atoms with E-state index in [0.717, 1.165) is 0 Å². The van der Waals surface area contributed by atoms with Gasteiger partial charge in [-0.05, 0) is 43.5 Å². The largest absolute Gasteiger partial charge is 0.358 e. The Kier molecular flexibility index (Phi) is 4.36. The van der Waals surface area contributed by atoms with Crippen molar-refractivity contribution in [1.82, 2.24) is 9.62 Å². The molecule has 1 amide bonds. The molecular weight excluding hydrogens is 300 g/mol. The monoisotopic (exact) mass is 316 g/mol. The third kappa shape index (κ3) is 2.68. The first kappa shape index (κ1) is 15.3. The maximum Gasteiger partial charge on any atom is 0.244 e. The van der Waals surface area contributed by atoms with Crippen molar-refractivity contribution in [3.63, 3.8) is 0 Å². The molecule has 1 unspecified atom stereocenters. The molecule has 1 saturated heterocycles. The van der Waals surface area contributed by atoms with Crippen molar-refractivity contribution in [3.05, 3.63) is 28.8 Å². The third-order valence-electron chi connectivity index (χ3n) is 3.48.